The van der Waals surface area contributed by atoms with Crippen LogP contribution in [0.1, 0.15) is 45.2 Å². The Morgan fingerprint density at radius 3 is 1.62 bits per heavy atom. The van der Waals surface area contributed by atoms with Crippen molar-refractivity contribution in [3.05, 3.63) is 71.8 Å². The topological polar surface area (TPSA) is 23.5 Å². The highest BCUT2D eigenvalue weighted by Crippen LogP contribution is 2.32. The molecule has 0 fully saturated rings. The summed E-state index contributed by atoms with van der Waals surface area (Å²) in [6.07, 6.45) is 0.380. The predicted molar refractivity (Wildman–Crippen MR) is 113 cm³/mol. The standard InChI is InChI=1S/C23H29NO.ClH/c1-19(2)24(20(3)4)18-12-11-17-23(25,21-13-7-5-8-14-21)22-15-9-6-10-16-22;/h5-10,13-16,19-20,25H,17-18H2,1-4H3;1H. The van der Waals surface area contributed by atoms with E-state index >= 15 is 0 Å². The highest BCUT2D eigenvalue weighted by molar-refractivity contribution is 5.85. The molecule has 0 radical (unpaired) electrons. The van der Waals surface area contributed by atoms with Crippen LogP contribution in [0.25, 0.3) is 0 Å². The molecule has 2 aromatic rings. The van der Waals surface area contributed by atoms with Gasteiger partial charge in [-0.15, -0.1) is 12.4 Å². The Morgan fingerprint density at radius 1 is 0.808 bits per heavy atom. The molecule has 0 aliphatic heterocycles. The molecule has 0 aliphatic carbocycles. The van der Waals surface area contributed by atoms with E-state index in [4.69, 9.17) is 0 Å². The molecular weight excluding hydrogens is 342 g/mol. The smallest absolute Gasteiger partial charge is 0.125 e. The maximum Gasteiger partial charge on any atom is 0.125 e. The van der Waals surface area contributed by atoms with Gasteiger partial charge in [-0.3, -0.25) is 4.90 Å². The third-order valence-electron chi connectivity index (χ3n) is 4.56. The van der Waals surface area contributed by atoms with Crippen molar-refractivity contribution in [2.75, 3.05) is 6.54 Å². The van der Waals surface area contributed by atoms with E-state index < -0.39 is 5.60 Å². The molecule has 2 aromatic carbocycles. The summed E-state index contributed by atoms with van der Waals surface area (Å²) < 4.78 is 0. The van der Waals surface area contributed by atoms with Crippen molar-refractivity contribution in [1.29, 1.82) is 0 Å². The van der Waals surface area contributed by atoms with Crippen LogP contribution in [-0.4, -0.2) is 28.6 Å². The lowest BCUT2D eigenvalue weighted by Gasteiger charge is -2.29. The molecule has 0 unspecified atom stereocenters. The van der Waals surface area contributed by atoms with Crippen LogP contribution in [0.3, 0.4) is 0 Å². The van der Waals surface area contributed by atoms with Crippen molar-refractivity contribution in [3.63, 3.8) is 0 Å². The minimum atomic E-state index is -1.09. The first-order chi connectivity index (χ1) is 11.9. The van der Waals surface area contributed by atoms with E-state index in [-0.39, 0.29) is 12.4 Å². The fourth-order valence-electron chi connectivity index (χ4n) is 3.10. The molecule has 0 heterocycles. The maximum absolute atomic E-state index is 11.4. The fourth-order valence-corrected chi connectivity index (χ4v) is 3.10. The Balaban J connectivity index is 0.00000338. The molecule has 140 valence electrons. The van der Waals surface area contributed by atoms with E-state index in [1.165, 1.54) is 0 Å². The van der Waals surface area contributed by atoms with E-state index in [1.807, 2.05) is 60.7 Å². The first kappa shape index (κ1) is 22.3. The summed E-state index contributed by atoms with van der Waals surface area (Å²) in [6, 6.07) is 20.5. The molecule has 2 nitrogen and oxygen atoms in total. The summed E-state index contributed by atoms with van der Waals surface area (Å²) in [5.41, 5.74) is 0.663. The number of nitrogens with zero attached hydrogens (tertiary/aromatic N) is 1. The van der Waals surface area contributed by atoms with Crippen LogP contribution in [0, 0.1) is 11.8 Å². The van der Waals surface area contributed by atoms with Gasteiger partial charge >= 0.3 is 0 Å². The number of hydrogen-bond donors (Lipinski definition) is 1. The summed E-state index contributed by atoms with van der Waals surface area (Å²) in [4.78, 5) is 2.34. The van der Waals surface area contributed by atoms with Crippen LogP contribution in [0.15, 0.2) is 60.7 Å². The van der Waals surface area contributed by atoms with Gasteiger partial charge in [0, 0.05) is 18.5 Å². The minimum Gasteiger partial charge on any atom is -0.379 e. The average molecular weight is 372 g/mol. The third-order valence-corrected chi connectivity index (χ3v) is 4.56. The lowest BCUT2D eigenvalue weighted by Crippen LogP contribution is -2.37. The highest BCUT2D eigenvalue weighted by Gasteiger charge is 2.30. The molecule has 26 heavy (non-hydrogen) atoms. The van der Waals surface area contributed by atoms with Gasteiger partial charge in [-0.25, -0.2) is 0 Å². The van der Waals surface area contributed by atoms with Gasteiger partial charge in [0.15, 0.2) is 0 Å². The van der Waals surface area contributed by atoms with Crippen LogP contribution in [0.5, 0.6) is 0 Å². The highest BCUT2D eigenvalue weighted by atomic mass is 35.5. The zero-order valence-electron chi connectivity index (χ0n) is 16.1. The summed E-state index contributed by atoms with van der Waals surface area (Å²) in [6.45, 7) is 9.46. The number of aliphatic hydroxyl groups is 1. The van der Waals surface area contributed by atoms with Crippen molar-refractivity contribution < 1.29 is 5.11 Å². The minimum absolute atomic E-state index is 0. The Hall–Kier alpha value is -1.79. The maximum atomic E-state index is 11.4. The lowest BCUT2D eigenvalue weighted by atomic mass is 9.84. The first-order valence-corrected chi connectivity index (χ1v) is 9.00. The molecule has 3 heteroatoms. The number of hydrogen-bond acceptors (Lipinski definition) is 2. The third kappa shape index (κ3) is 5.61. The molecular formula is C23H30ClNO. The normalized spacial score (nSPS) is 11.2. The summed E-state index contributed by atoms with van der Waals surface area (Å²) in [5, 5.41) is 11.4. The Labute approximate surface area is 164 Å². The van der Waals surface area contributed by atoms with Crippen LogP contribution in [0.2, 0.25) is 0 Å². The molecule has 0 atom stereocenters. The molecule has 1 N–H and O–H groups in total. The molecule has 0 saturated carbocycles. The average Bonchev–Trinajstić information content (AvgIpc) is 2.62. The Kier molecular flexibility index (Phi) is 8.88. The molecule has 0 spiro atoms. The summed E-state index contributed by atoms with van der Waals surface area (Å²) >= 11 is 0. The second kappa shape index (κ2) is 10.4. The first-order valence-electron chi connectivity index (χ1n) is 9.00. The molecule has 0 bridgehead atoms. The second-order valence-corrected chi connectivity index (χ2v) is 6.98. The van der Waals surface area contributed by atoms with E-state index in [0.29, 0.717) is 18.5 Å². The number of benzene rings is 2. The van der Waals surface area contributed by atoms with Crippen LogP contribution >= 0.6 is 12.4 Å². The van der Waals surface area contributed by atoms with E-state index in [9.17, 15) is 5.11 Å². The second-order valence-electron chi connectivity index (χ2n) is 6.98. The van der Waals surface area contributed by atoms with Gasteiger partial charge in [0.1, 0.15) is 5.60 Å². The van der Waals surface area contributed by atoms with Gasteiger partial charge in [0.25, 0.3) is 0 Å². The quantitative estimate of drug-likeness (QED) is 0.733. The Morgan fingerprint density at radius 2 is 1.23 bits per heavy atom. The molecule has 0 amide bonds. The largest absolute Gasteiger partial charge is 0.379 e. The van der Waals surface area contributed by atoms with Gasteiger partial charge < -0.3 is 5.11 Å². The molecule has 2 rings (SSSR count). The summed E-state index contributed by atoms with van der Waals surface area (Å²) in [5.74, 6) is 6.48. The molecule has 0 aliphatic rings. The van der Waals surface area contributed by atoms with Crippen molar-refractivity contribution in [3.8, 4) is 11.8 Å². The van der Waals surface area contributed by atoms with Crippen LogP contribution in [-0.2, 0) is 5.60 Å². The monoisotopic (exact) mass is 371 g/mol. The van der Waals surface area contributed by atoms with Gasteiger partial charge in [0.2, 0.25) is 0 Å². The van der Waals surface area contributed by atoms with Crippen molar-refractivity contribution in [2.24, 2.45) is 0 Å². The SMILES string of the molecule is CC(C)N(CC#CCC(O)(c1ccccc1)c1ccccc1)C(C)C.Cl. The van der Waals surface area contributed by atoms with Gasteiger partial charge in [-0.1, -0.05) is 72.5 Å². The summed E-state index contributed by atoms with van der Waals surface area (Å²) in [7, 11) is 0. The zero-order valence-corrected chi connectivity index (χ0v) is 17.0. The van der Waals surface area contributed by atoms with E-state index in [2.05, 4.69) is 44.4 Å². The van der Waals surface area contributed by atoms with Gasteiger partial charge in [-0.2, -0.15) is 0 Å². The zero-order chi connectivity index (χ0) is 18.3. The van der Waals surface area contributed by atoms with E-state index in [1.54, 1.807) is 0 Å². The Bertz CT molecular complexity index is 654. The van der Waals surface area contributed by atoms with Crippen LogP contribution < -0.4 is 0 Å². The molecule has 0 saturated heterocycles. The molecule has 0 aromatic heterocycles. The van der Waals surface area contributed by atoms with Crippen molar-refractivity contribution in [2.45, 2.75) is 51.8 Å². The van der Waals surface area contributed by atoms with Gasteiger partial charge in [0.05, 0.1) is 6.54 Å². The van der Waals surface area contributed by atoms with E-state index in [0.717, 1.165) is 17.7 Å². The van der Waals surface area contributed by atoms with Crippen molar-refractivity contribution >= 4 is 12.4 Å². The number of rotatable bonds is 6. The predicted octanol–water partition coefficient (Wildman–Crippen LogP) is 4.86. The van der Waals surface area contributed by atoms with Crippen molar-refractivity contribution in [1.82, 2.24) is 4.90 Å². The fraction of sp³-hybridized carbons (Fsp3) is 0.391. The number of halogens is 1. The van der Waals surface area contributed by atoms with Crippen LogP contribution in [0.4, 0.5) is 0 Å². The van der Waals surface area contributed by atoms with Gasteiger partial charge in [-0.05, 0) is 38.8 Å². The lowest BCUT2D eigenvalue weighted by molar-refractivity contribution is 0.0864.